The molecule has 0 radical (unpaired) electrons. The van der Waals surface area contributed by atoms with E-state index in [1.165, 1.54) is 18.1 Å². The van der Waals surface area contributed by atoms with Gasteiger partial charge in [0.1, 0.15) is 35.2 Å². The van der Waals surface area contributed by atoms with Gasteiger partial charge >= 0.3 is 6.09 Å². The number of carboxylic acid groups (broad SMARTS) is 1. The molecule has 16 heteroatoms. The Hall–Kier alpha value is -4.47. The van der Waals surface area contributed by atoms with Crippen molar-refractivity contribution in [1.82, 2.24) is 30.2 Å². The van der Waals surface area contributed by atoms with Crippen molar-refractivity contribution in [3.8, 4) is 11.6 Å². The third kappa shape index (κ3) is 7.43. The van der Waals surface area contributed by atoms with Crippen LogP contribution in [0.3, 0.4) is 0 Å². The number of nitrogens with zero attached hydrogens (tertiary/aromatic N) is 3. The van der Waals surface area contributed by atoms with Gasteiger partial charge in [-0.05, 0) is 36.8 Å². The van der Waals surface area contributed by atoms with Crippen LogP contribution in [0.4, 0.5) is 4.79 Å². The number of hydrogen-bond donors (Lipinski definition) is 4. The van der Waals surface area contributed by atoms with Crippen molar-refractivity contribution in [2.45, 2.75) is 95.2 Å². The molecule has 266 valence electrons. The van der Waals surface area contributed by atoms with Gasteiger partial charge in [-0.15, -0.1) is 6.58 Å². The molecule has 0 bridgehead atoms. The van der Waals surface area contributed by atoms with Crippen LogP contribution in [0.25, 0.3) is 11.0 Å². The largest absolute Gasteiger partial charge is 0.497 e. The van der Waals surface area contributed by atoms with Gasteiger partial charge in [-0.3, -0.25) is 19.1 Å². The molecule has 4 amide bonds. The summed E-state index contributed by atoms with van der Waals surface area (Å²) in [5.41, 5.74) is -0.770. The van der Waals surface area contributed by atoms with Gasteiger partial charge < -0.3 is 30.1 Å². The van der Waals surface area contributed by atoms with Crippen LogP contribution in [0.1, 0.15) is 71.9 Å². The Morgan fingerprint density at radius 1 is 1.14 bits per heavy atom. The second kappa shape index (κ2) is 13.1. The van der Waals surface area contributed by atoms with Crippen molar-refractivity contribution < 1.29 is 42.2 Å². The van der Waals surface area contributed by atoms with E-state index < -0.39 is 74.1 Å². The second-order valence-electron chi connectivity index (χ2n) is 14.3. The number of methoxy groups -OCH3 is 1. The van der Waals surface area contributed by atoms with Crippen LogP contribution in [0.5, 0.6) is 11.6 Å². The Morgan fingerprint density at radius 2 is 1.84 bits per heavy atom. The van der Waals surface area contributed by atoms with Crippen LogP contribution in [0.15, 0.2) is 30.9 Å². The van der Waals surface area contributed by atoms with E-state index in [4.69, 9.17) is 19.4 Å². The summed E-state index contributed by atoms with van der Waals surface area (Å²) in [6.07, 6.45) is 0.251. The summed E-state index contributed by atoms with van der Waals surface area (Å²) in [5.74, 6) is -2.12. The first-order valence-electron chi connectivity index (χ1n) is 16.2. The minimum absolute atomic E-state index is 0.0340. The number of hydrogen-bond acceptors (Lipinski definition) is 10. The second-order valence-corrected chi connectivity index (χ2v) is 16.3. The van der Waals surface area contributed by atoms with E-state index in [2.05, 4.69) is 21.9 Å². The van der Waals surface area contributed by atoms with Gasteiger partial charge in [-0.2, -0.15) is 0 Å². The Kier molecular flexibility index (Phi) is 9.58. The molecule has 2 aromatic rings. The maximum absolute atomic E-state index is 14.1. The van der Waals surface area contributed by atoms with Gasteiger partial charge in [0.05, 0.1) is 29.9 Å². The van der Waals surface area contributed by atoms with Gasteiger partial charge in [0, 0.05) is 24.3 Å². The fourth-order valence-corrected chi connectivity index (χ4v) is 7.48. The van der Waals surface area contributed by atoms with Crippen LogP contribution < -0.4 is 24.8 Å². The molecule has 5 rings (SSSR count). The molecule has 1 aliphatic heterocycles. The smallest absolute Gasteiger partial charge is 0.405 e. The lowest BCUT2D eigenvalue weighted by atomic mass is 9.85. The number of aromatic nitrogens is 2. The van der Waals surface area contributed by atoms with Crippen LogP contribution >= 0.6 is 0 Å². The molecule has 1 aromatic heterocycles. The lowest BCUT2D eigenvalue weighted by molar-refractivity contribution is -0.142. The maximum atomic E-state index is 14.1. The molecule has 3 fully saturated rings. The Labute approximate surface area is 285 Å². The van der Waals surface area contributed by atoms with Crippen molar-refractivity contribution in [3.05, 3.63) is 36.5 Å². The number of amides is 4. The van der Waals surface area contributed by atoms with Crippen molar-refractivity contribution in [2.24, 2.45) is 11.3 Å². The normalized spacial score (nSPS) is 24.2. The van der Waals surface area contributed by atoms with E-state index in [0.29, 0.717) is 35.3 Å². The van der Waals surface area contributed by atoms with Gasteiger partial charge in [-0.25, -0.2) is 23.2 Å². The number of carbonyl (C=O) groups excluding carboxylic acids is 3. The average Bonchev–Trinajstić information content (AvgIpc) is 3.95. The molecule has 5 atom stereocenters. The number of ether oxygens (including phenoxy) is 2. The van der Waals surface area contributed by atoms with Crippen molar-refractivity contribution in [2.75, 3.05) is 13.7 Å². The molecular weight excluding hydrogens is 656 g/mol. The van der Waals surface area contributed by atoms with Crippen LogP contribution in [-0.4, -0.2) is 94.8 Å². The molecule has 49 heavy (non-hydrogen) atoms. The molecule has 2 heterocycles. The molecule has 1 saturated heterocycles. The van der Waals surface area contributed by atoms with E-state index in [0.717, 1.165) is 0 Å². The van der Waals surface area contributed by atoms with Crippen LogP contribution in [0, 0.1) is 11.3 Å². The number of fused-ring (bicyclic) bond motifs is 1. The summed E-state index contributed by atoms with van der Waals surface area (Å²) in [7, 11) is -2.37. The molecule has 1 aromatic carbocycles. The molecular formula is C33H44N6O9S. The van der Waals surface area contributed by atoms with E-state index in [-0.39, 0.29) is 31.2 Å². The standard InChI is InChI=1S/C33H44N6O9S/c1-8-18-15-33(18,30(42)38-49(45,46)21-10-11-21)37-27(40)24-14-20(16-39(24)29(41)26(32(4,5)6)36-31(43)44)48-28-25(17(2)3)34-22-12-9-19(47-7)13-23(22)35-28/h8-9,12-13,17-18,20-21,24,26,36H,1,10-11,14-16H2,2-7H3,(H,37,40)(H,38,42)(H,43,44)/t18-,20-,24+,26-,33-/m1/s1. The molecule has 15 nitrogen and oxygen atoms in total. The van der Waals surface area contributed by atoms with Crippen LogP contribution in [-0.2, 0) is 24.4 Å². The van der Waals surface area contributed by atoms with E-state index in [1.807, 2.05) is 13.8 Å². The monoisotopic (exact) mass is 700 g/mol. The van der Waals surface area contributed by atoms with E-state index in [1.54, 1.807) is 39.0 Å². The van der Waals surface area contributed by atoms with Gasteiger partial charge in [-0.1, -0.05) is 40.7 Å². The zero-order valence-electron chi connectivity index (χ0n) is 28.5. The quantitative estimate of drug-likeness (QED) is 0.237. The van der Waals surface area contributed by atoms with Gasteiger partial charge in [0.2, 0.25) is 27.7 Å². The zero-order valence-corrected chi connectivity index (χ0v) is 29.3. The van der Waals surface area contributed by atoms with Crippen molar-refractivity contribution >= 4 is 44.9 Å². The first-order chi connectivity index (χ1) is 22.9. The summed E-state index contributed by atoms with van der Waals surface area (Å²) in [6.45, 7) is 12.6. The third-order valence-electron chi connectivity index (χ3n) is 9.17. The molecule has 4 N–H and O–H groups in total. The highest BCUT2D eigenvalue weighted by Gasteiger charge is 2.62. The molecule has 2 saturated carbocycles. The third-order valence-corrected chi connectivity index (χ3v) is 11.0. The summed E-state index contributed by atoms with van der Waals surface area (Å²) in [4.78, 5) is 64.0. The van der Waals surface area contributed by atoms with Crippen LogP contribution in [0.2, 0.25) is 0 Å². The molecule has 2 aliphatic carbocycles. The fraction of sp³-hybridized carbons (Fsp3) is 0.576. The number of rotatable bonds is 12. The Balaban J connectivity index is 1.47. The fourth-order valence-electron chi connectivity index (χ4n) is 6.11. The number of carbonyl (C=O) groups is 4. The predicted octanol–water partition coefficient (Wildman–Crippen LogP) is 2.46. The van der Waals surface area contributed by atoms with Gasteiger partial charge in [0.15, 0.2) is 0 Å². The molecule has 0 spiro atoms. The summed E-state index contributed by atoms with van der Waals surface area (Å²) < 4.78 is 39.1. The number of sulfonamides is 1. The zero-order chi connectivity index (χ0) is 36.1. The van der Waals surface area contributed by atoms with E-state index >= 15 is 0 Å². The highest BCUT2D eigenvalue weighted by molar-refractivity contribution is 7.91. The topological polar surface area (TPSA) is 206 Å². The Morgan fingerprint density at radius 3 is 2.39 bits per heavy atom. The molecule has 3 aliphatic rings. The highest BCUT2D eigenvalue weighted by Crippen LogP contribution is 2.45. The van der Waals surface area contributed by atoms with Gasteiger partial charge in [0.25, 0.3) is 5.91 Å². The summed E-state index contributed by atoms with van der Waals surface area (Å²) >= 11 is 0. The lowest BCUT2D eigenvalue weighted by Crippen LogP contribution is -2.60. The SMILES string of the molecule is C=C[C@@H]1C[C@]1(NC(=O)[C@@H]1C[C@@H](Oc2nc3cc(OC)ccc3nc2C(C)C)CN1C(=O)[C@@H](NC(=O)O)C(C)(C)C)C(=O)NS(=O)(=O)C1CC1. The average molecular weight is 701 g/mol. The lowest BCUT2D eigenvalue weighted by Gasteiger charge is -2.35. The van der Waals surface area contributed by atoms with E-state index in [9.17, 15) is 32.7 Å². The summed E-state index contributed by atoms with van der Waals surface area (Å²) in [5, 5.41) is 13.9. The Bertz CT molecular complexity index is 1790. The van der Waals surface area contributed by atoms with Crippen molar-refractivity contribution in [3.63, 3.8) is 0 Å². The number of nitrogens with one attached hydrogen (secondary N) is 3. The first kappa shape index (κ1) is 35.8. The maximum Gasteiger partial charge on any atom is 0.405 e. The first-order valence-corrected chi connectivity index (χ1v) is 17.8. The minimum atomic E-state index is -3.91. The highest BCUT2D eigenvalue weighted by atomic mass is 32.2. The summed E-state index contributed by atoms with van der Waals surface area (Å²) in [6, 6.07) is 2.83. The number of benzene rings is 1. The molecule has 0 unspecified atom stereocenters. The minimum Gasteiger partial charge on any atom is -0.497 e. The number of likely N-dealkylation sites (tertiary alicyclic amines) is 1. The van der Waals surface area contributed by atoms with Crippen molar-refractivity contribution in [1.29, 1.82) is 0 Å². The predicted molar refractivity (Wildman–Crippen MR) is 178 cm³/mol.